The van der Waals surface area contributed by atoms with Crippen LogP contribution in [0.5, 0.6) is 0 Å². The number of nitrogens with one attached hydrogen (secondary N) is 2. The van der Waals surface area contributed by atoms with Crippen LogP contribution in [0.2, 0.25) is 0 Å². The van der Waals surface area contributed by atoms with Crippen LogP contribution in [-0.2, 0) is 25.9 Å². The van der Waals surface area contributed by atoms with Crippen LogP contribution >= 0.6 is 0 Å². The van der Waals surface area contributed by atoms with Crippen LogP contribution in [0.4, 0.5) is 13.2 Å². The first-order chi connectivity index (χ1) is 16.0. The summed E-state index contributed by atoms with van der Waals surface area (Å²) in [6, 6.07) is 5.47. The highest BCUT2D eigenvalue weighted by molar-refractivity contribution is 5.69. The number of methoxy groups -OCH3 is 1. The lowest BCUT2D eigenvalue weighted by atomic mass is 9.56. The summed E-state index contributed by atoms with van der Waals surface area (Å²) in [5.41, 5.74) is 10.6. The molecule has 4 unspecified atom stereocenters. The lowest BCUT2D eigenvalue weighted by Gasteiger charge is -2.48. The molecule has 1 aromatic rings. The first-order valence-corrected chi connectivity index (χ1v) is 10.8. The van der Waals surface area contributed by atoms with E-state index in [1.165, 1.54) is 7.11 Å². The molecule has 1 aromatic carbocycles. The lowest BCUT2D eigenvalue weighted by molar-refractivity contribution is -0.140. The molecule has 10 heteroatoms. The van der Waals surface area contributed by atoms with Gasteiger partial charge in [-0.3, -0.25) is 10.2 Å². The second-order valence-corrected chi connectivity index (χ2v) is 8.69. The average Bonchev–Trinajstić information content (AvgIpc) is 3.14. The smallest absolute Gasteiger partial charge is 0.416 e. The maximum atomic E-state index is 13.9. The van der Waals surface area contributed by atoms with Gasteiger partial charge >= 0.3 is 12.1 Å². The molecule has 4 N–H and O–H groups in total. The van der Waals surface area contributed by atoms with Crippen molar-refractivity contribution in [3.8, 4) is 17.9 Å². The predicted molar refractivity (Wildman–Crippen MR) is 117 cm³/mol. The Morgan fingerprint density at radius 2 is 2.03 bits per heavy atom. The SMILES string of the molecule is COC(=O)CCC#Cc1cc(C(F)(F)F)cc(C2(C(C)C)C(C#N)=C(N)OC3NNC(C)C32)c1. The Morgan fingerprint density at radius 3 is 2.62 bits per heavy atom. The maximum Gasteiger partial charge on any atom is 0.416 e. The number of allylic oxidation sites excluding steroid dienone is 1. The van der Waals surface area contributed by atoms with Gasteiger partial charge in [0.15, 0.2) is 6.23 Å². The van der Waals surface area contributed by atoms with Gasteiger partial charge in [-0.05, 0) is 36.6 Å². The largest absolute Gasteiger partial charge is 0.469 e. The molecule has 34 heavy (non-hydrogen) atoms. The van der Waals surface area contributed by atoms with Gasteiger partial charge in [0.1, 0.15) is 11.6 Å². The van der Waals surface area contributed by atoms with E-state index in [0.29, 0.717) is 0 Å². The molecule has 1 fully saturated rings. The minimum Gasteiger partial charge on any atom is -0.469 e. The van der Waals surface area contributed by atoms with Crippen molar-refractivity contribution in [1.29, 1.82) is 5.26 Å². The molecule has 182 valence electrons. The number of nitriles is 1. The zero-order valence-corrected chi connectivity index (χ0v) is 19.3. The lowest BCUT2D eigenvalue weighted by Crippen LogP contribution is -2.55. The van der Waals surface area contributed by atoms with Crippen molar-refractivity contribution in [1.82, 2.24) is 10.9 Å². The van der Waals surface area contributed by atoms with Gasteiger partial charge in [-0.2, -0.15) is 18.4 Å². The fourth-order valence-electron chi connectivity index (χ4n) is 4.98. The first kappa shape index (κ1) is 25.4. The summed E-state index contributed by atoms with van der Waals surface area (Å²) in [4.78, 5) is 11.3. The quantitative estimate of drug-likeness (QED) is 0.453. The van der Waals surface area contributed by atoms with Gasteiger partial charge in [0.25, 0.3) is 0 Å². The second kappa shape index (κ2) is 9.57. The number of nitrogens with two attached hydrogens (primary N) is 1. The van der Waals surface area contributed by atoms with Crippen LogP contribution in [0.15, 0.2) is 29.7 Å². The van der Waals surface area contributed by atoms with E-state index in [1.54, 1.807) is 6.07 Å². The summed E-state index contributed by atoms with van der Waals surface area (Å²) in [6.07, 6.45) is -5.12. The molecule has 2 aliphatic rings. The molecule has 7 nitrogen and oxygen atoms in total. The molecular formula is C24H27F3N4O3. The van der Waals surface area contributed by atoms with Crippen molar-refractivity contribution in [3.63, 3.8) is 0 Å². The number of carbonyl (C=O) groups is 1. The molecular weight excluding hydrogens is 449 g/mol. The third kappa shape index (κ3) is 4.44. The van der Waals surface area contributed by atoms with E-state index in [-0.39, 0.29) is 47.4 Å². The molecule has 3 rings (SSSR count). The second-order valence-electron chi connectivity index (χ2n) is 8.69. The van der Waals surface area contributed by atoms with E-state index in [1.807, 2.05) is 20.8 Å². The molecule has 2 aliphatic heterocycles. The zero-order chi connectivity index (χ0) is 25.3. The van der Waals surface area contributed by atoms with Gasteiger partial charge < -0.3 is 15.2 Å². The van der Waals surface area contributed by atoms with Crippen LogP contribution in [0.3, 0.4) is 0 Å². The summed E-state index contributed by atoms with van der Waals surface area (Å²) >= 11 is 0. The molecule has 0 saturated carbocycles. The van der Waals surface area contributed by atoms with E-state index in [2.05, 4.69) is 33.5 Å². The minimum absolute atomic E-state index is 0.0268. The summed E-state index contributed by atoms with van der Waals surface area (Å²) < 4.78 is 52.0. The van der Waals surface area contributed by atoms with Crippen molar-refractivity contribution in [3.05, 3.63) is 46.3 Å². The third-order valence-corrected chi connectivity index (χ3v) is 6.43. The predicted octanol–water partition coefficient (Wildman–Crippen LogP) is 3.07. The normalized spacial score (nSPS) is 26.3. The summed E-state index contributed by atoms with van der Waals surface area (Å²) in [6.45, 7) is 5.57. The molecule has 2 heterocycles. The number of ether oxygens (including phenoxy) is 2. The van der Waals surface area contributed by atoms with Crippen molar-refractivity contribution in [2.24, 2.45) is 17.6 Å². The monoisotopic (exact) mass is 476 g/mol. The summed E-state index contributed by atoms with van der Waals surface area (Å²) in [5, 5.41) is 10.1. The summed E-state index contributed by atoms with van der Waals surface area (Å²) in [5.74, 6) is 4.15. The molecule has 0 spiro atoms. The van der Waals surface area contributed by atoms with E-state index in [0.717, 1.165) is 12.1 Å². The Balaban J connectivity index is 2.25. The number of alkyl halides is 3. The molecule has 0 aromatic heterocycles. The number of carbonyl (C=O) groups excluding carboxylic acids is 1. The van der Waals surface area contributed by atoms with Gasteiger partial charge in [-0.15, -0.1) is 0 Å². The number of esters is 1. The topological polar surface area (TPSA) is 109 Å². The van der Waals surface area contributed by atoms with E-state index < -0.39 is 35.3 Å². The van der Waals surface area contributed by atoms with Gasteiger partial charge in [-0.1, -0.05) is 25.7 Å². The Hall–Kier alpha value is -3.21. The fourth-order valence-corrected chi connectivity index (χ4v) is 4.98. The van der Waals surface area contributed by atoms with Crippen LogP contribution in [0, 0.1) is 35.0 Å². The number of hydrogen-bond acceptors (Lipinski definition) is 7. The highest BCUT2D eigenvalue weighted by atomic mass is 19.4. The molecule has 0 aliphatic carbocycles. The Labute approximate surface area is 196 Å². The van der Waals surface area contributed by atoms with E-state index in [9.17, 15) is 23.2 Å². The van der Waals surface area contributed by atoms with Gasteiger partial charge in [-0.25, -0.2) is 5.43 Å². The van der Waals surface area contributed by atoms with Gasteiger partial charge in [0.2, 0.25) is 5.88 Å². The average molecular weight is 476 g/mol. The standard InChI is InChI=1S/C24H27F3N4O3/c1-13(2)23(18(12-28)21(29)34-22-20(23)14(3)30-31-22)16-9-15(7-5-6-8-19(32)33-4)10-17(11-16)24(25,26)27/h9-11,13-14,20,22,30-31H,6,8,29H2,1-4H3. The highest BCUT2D eigenvalue weighted by Gasteiger charge is 2.59. The molecule has 1 saturated heterocycles. The van der Waals surface area contributed by atoms with Crippen LogP contribution in [0.1, 0.15) is 50.3 Å². The molecule has 0 bridgehead atoms. The van der Waals surface area contributed by atoms with Crippen LogP contribution in [0.25, 0.3) is 0 Å². The van der Waals surface area contributed by atoms with Crippen molar-refractivity contribution in [2.75, 3.05) is 7.11 Å². The Bertz CT molecular complexity index is 1100. The number of benzene rings is 1. The van der Waals surface area contributed by atoms with E-state index >= 15 is 0 Å². The number of fused-ring (bicyclic) bond motifs is 1. The number of hydrogen-bond donors (Lipinski definition) is 3. The first-order valence-electron chi connectivity index (χ1n) is 10.8. The Morgan fingerprint density at radius 1 is 1.32 bits per heavy atom. The number of nitrogens with zero attached hydrogens (tertiary/aromatic N) is 1. The molecule has 0 amide bonds. The minimum atomic E-state index is -4.64. The van der Waals surface area contributed by atoms with Crippen molar-refractivity contribution < 1.29 is 27.4 Å². The Kier molecular flexibility index (Phi) is 7.15. The number of halogens is 3. The molecule has 4 atom stereocenters. The summed E-state index contributed by atoms with van der Waals surface area (Å²) in [7, 11) is 1.25. The number of hydrazine groups is 1. The van der Waals surface area contributed by atoms with E-state index in [4.69, 9.17) is 10.5 Å². The maximum absolute atomic E-state index is 13.9. The van der Waals surface area contributed by atoms with Crippen LogP contribution in [-0.4, -0.2) is 25.3 Å². The van der Waals surface area contributed by atoms with Crippen LogP contribution < -0.4 is 16.6 Å². The third-order valence-electron chi connectivity index (χ3n) is 6.43. The number of rotatable bonds is 4. The van der Waals surface area contributed by atoms with Gasteiger partial charge in [0, 0.05) is 29.4 Å². The van der Waals surface area contributed by atoms with Gasteiger partial charge in [0.05, 0.1) is 19.1 Å². The molecule has 0 radical (unpaired) electrons. The zero-order valence-electron chi connectivity index (χ0n) is 19.3. The highest BCUT2D eigenvalue weighted by Crippen LogP contribution is 2.53. The van der Waals surface area contributed by atoms with Crippen molar-refractivity contribution in [2.45, 2.75) is 57.5 Å². The fraction of sp³-hybridized carbons (Fsp3) is 0.500. The van der Waals surface area contributed by atoms with Crippen molar-refractivity contribution >= 4 is 5.97 Å².